The third-order valence-corrected chi connectivity index (χ3v) is 4.39. The molecule has 1 rings (SSSR count). The Kier molecular flexibility index (Phi) is 4.78. The van der Waals surface area contributed by atoms with Crippen LogP contribution in [-0.4, -0.2) is 39.1 Å². The molecule has 7 heteroatoms. The van der Waals surface area contributed by atoms with E-state index in [-0.39, 0.29) is 10.5 Å². The van der Waals surface area contributed by atoms with Crippen LogP contribution >= 0.6 is 11.8 Å². The lowest BCUT2D eigenvalue weighted by molar-refractivity contribution is -0.150. The van der Waals surface area contributed by atoms with E-state index in [9.17, 15) is 18.3 Å². The fourth-order valence-corrected chi connectivity index (χ4v) is 3.35. The van der Waals surface area contributed by atoms with Crippen LogP contribution in [0, 0.1) is 0 Å². The minimum Gasteiger partial charge on any atom is -0.467 e. The van der Waals surface area contributed by atoms with Gasteiger partial charge in [-0.3, -0.25) is 0 Å². The normalized spacial score (nSPS) is 13.1. The van der Waals surface area contributed by atoms with Crippen LogP contribution in [0.2, 0.25) is 0 Å². The lowest BCUT2D eigenvalue weighted by Crippen LogP contribution is -2.14. The van der Waals surface area contributed by atoms with Crippen molar-refractivity contribution < 1.29 is 23.1 Å². The first-order valence-corrected chi connectivity index (χ1v) is 8.06. The standard InChI is InChI=1S/C11H14O5S2/c1-16-11(13)10(12)7-4-5-8(17-2)9(6-7)18(3,14)15/h4-6,10,12H,1-3H3. The summed E-state index contributed by atoms with van der Waals surface area (Å²) in [6, 6.07) is 4.35. The molecule has 0 saturated heterocycles. The molecule has 0 fully saturated rings. The monoisotopic (exact) mass is 290 g/mol. The number of aliphatic hydroxyl groups excluding tert-OH is 1. The van der Waals surface area contributed by atoms with Gasteiger partial charge in [0, 0.05) is 11.2 Å². The predicted molar refractivity (Wildman–Crippen MR) is 68.3 cm³/mol. The van der Waals surface area contributed by atoms with Crippen molar-refractivity contribution in [3.8, 4) is 0 Å². The lowest BCUT2D eigenvalue weighted by atomic mass is 10.1. The van der Waals surface area contributed by atoms with Gasteiger partial charge < -0.3 is 9.84 Å². The van der Waals surface area contributed by atoms with Gasteiger partial charge >= 0.3 is 5.97 Å². The first-order chi connectivity index (χ1) is 8.31. The van der Waals surface area contributed by atoms with Gasteiger partial charge in [0.2, 0.25) is 0 Å². The van der Waals surface area contributed by atoms with Crippen molar-refractivity contribution in [2.75, 3.05) is 19.6 Å². The molecule has 18 heavy (non-hydrogen) atoms. The molecule has 1 aromatic carbocycles. The quantitative estimate of drug-likeness (QED) is 0.658. The summed E-state index contributed by atoms with van der Waals surface area (Å²) in [4.78, 5) is 11.9. The number of aliphatic hydroxyl groups is 1. The summed E-state index contributed by atoms with van der Waals surface area (Å²) in [5, 5.41) is 9.67. The SMILES string of the molecule is COC(=O)C(O)c1ccc(SC)c(S(C)(=O)=O)c1. The molecule has 1 N–H and O–H groups in total. The average Bonchev–Trinajstić information content (AvgIpc) is 2.35. The zero-order valence-electron chi connectivity index (χ0n) is 10.2. The lowest BCUT2D eigenvalue weighted by Gasteiger charge is -2.12. The molecule has 0 aliphatic carbocycles. The Labute approximate surface area is 110 Å². The minimum atomic E-state index is -3.42. The summed E-state index contributed by atoms with van der Waals surface area (Å²) in [7, 11) is -2.27. The summed E-state index contributed by atoms with van der Waals surface area (Å²) in [5.41, 5.74) is 0.195. The molecule has 1 atom stereocenters. The Bertz CT molecular complexity index is 551. The highest BCUT2D eigenvalue weighted by molar-refractivity contribution is 7.99. The van der Waals surface area contributed by atoms with Crippen molar-refractivity contribution in [3.05, 3.63) is 23.8 Å². The maximum atomic E-state index is 11.6. The second-order valence-electron chi connectivity index (χ2n) is 3.61. The zero-order chi connectivity index (χ0) is 13.9. The first-order valence-electron chi connectivity index (χ1n) is 4.95. The number of carbonyl (C=O) groups is 1. The van der Waals surface area contributed by atoms with Crippen LogP contribution < -0.4 is 0 Å². The second-order valence-corrected chi connectivity index (χ2v) is 6.44. The van der Waals surface area contributed by atoms with E-state index < -0.39 is 21.9 Å². The molecule has 0 spiro atoms. The molecular weight excluding hydrogens is 276 g/mol. The molecule has 0 heterocycles. The van der Waals surface area contributed by atoms with E-state index in [1.807, 2.05) is 0 Å². The molecule has 1 aromatic rings. The Hall–Kier alpha value is -1.05. The summed E-state index contributed by atoms with van der Waals surface area (Å²) in [6.45, 7) is 0. The summed E-state index contributed by atoms with van der Waals surface area (Å²) in [5.74, 6) is -0.827. The van der Waals surface area contributed by atoms with Crippen LogP contribution in [0.25, 0.3) is 0 Å². The third-order valence-electron chi connectivity index (χ3n) is 2.33. The Balaban J connectivity index is 3.32. The summed E-state index contributed by atoms with van der Waals surface area (Å²) < 4.78 is 27.6. The minimum absolute atomic E-state index is 0.0930. The van der Waals surface area contributed by atoms with Crippen LogP contribution in [0.5, 0.6) is 0 Å². The molecule has 0 bridgehead atoms. The smallest absolute Gasteiger partial charge is 0.339 e. The topological polar surface area (TPSA) is 80.7 Å². The number of esters is 1. The summed E-state index contributed by atoms with van der Waals surface area (Å²) in [6.07, 6.45) is 1.35. The van der Waals surface area contributed by atoms with Crippen molar-refractivity contribution in [2.24, 2.45) is 0 Å². The van der Waals surface area contributed by atoms with Gasteiger partial charge in [0.1, 0.15) is 0 Å². The molecule has 0 saturated carbocycles. The molecular formula is C11H14O5S2. The molecule has 5 nitrogen and oxygen atoms in total. The maximum absolute atomic E-state index is 11.6. The molecule has 0 radical (unpaired) electrons. The number of hydrogen-bond acceptors (Lipinski definition) is 6. The number of thioether (sulfide) groups is 1. The van der Waals surface area contributed by atoms with Gasteiger partial charge in [-0.25, -0.2) is 13.2 Å². The van der Waals surface area contributed by atoms with Crippen molar-refractivity contribution in [1.82, 2.24) is 0 Å². The number of sulfone groups is 1. The van der Waals surface area contributed by atoms with Crippen LogP contribution in [0.4, 0.5) is 0 Å². The predicted octanol–water partition coefficient (Wildman–Crippen LogP) is 1.02. The second kappa shape index (κ2) is 5.73. The fourth-order valence-electron chi connectivity index (χ4n) is 1.40. The highest BCUT2D eigenvalue weighted by atomic mass is 32.2. The number of methoxy groups -OCH3 is 1. The maximum Gasteiger partial charge on any atom is 0.339 e. The first kappa shape index (κ1) is 15.0. The number of rotatable bonds is 4. The van der Waals surface area contributed by atoms with Gasteiger partial charge in [0.25, 0.3) is 0 Å². The van der Waals surface area contributed by atoms with Crippen molar-refractivity contribution in [1.29, 1.82) is 0 Å². The molecule has 0 aliphatic heterocycles. The molecule has 1 unspecified atom stereocenters. The van der Waals surface area contributed by atoms with Gasteiger partial charge in [0.05, 0.1) is 12.0 Å². The fraction of sp³-hybridized carbons (Fsp3) is 0.364. The van der Waals surface area contributed by atoms with E-state index in [1.165, 1.54) is 23.9 Å². The van der Waals surface area contributed by atoms with Crippen LogP contribution in [0.3, 0.4) is 0 Å². The Morgan fingerprint density at radius 2 is 2.06 bits per heavy atom. The van der Waals surface area contributed by atoms with E-state index in [0.29, 0.717) is 4.90 Å². The molecule has 100 valence electrons. The highest BCUT2D eigenvalue weighted by Gasteiger charge is 2.21. The van der Waals surface area contributed by atoms with Crippen LogP contribution in [0.1, 0.15) is 11.7 Å². The van der Waals surface area contributed by atoms with Gasteiger partial charge in [0.15, 0.2) is 15.9 Å². The van der Waals surface area contributed by atoms with E-state index >= 15 is 0 Å². The van der Waals surface area contributed by atoms with Gasteiger partial charge in [-0.2, -0.15) is 0 Å². The summed E-state index contributed by atoms with van der Waals surface area (Å²) >= 11 is 1.28. The average molecular weight is 290 g/mol. The van der Waals surface area contributed by atoms with Crippen LogP contribution in [-0.2, 0) is 19.4 Å². The number of benzene rings is 1. The number of hydrogen-bond donors (Lipinski definition) is 1. The third kappa shape index (κ3) is 3.24. The van der Waals surface area contributed by atoms with E-state index in [1.54, 1.807) is 12.3 Å². The number of ether oxygens (including phenoxy) is 1. The largest absolute Gasteiger partial charge is 0.467 e. The van der Waals surface area contributed by atoms with Crippen molar-refractivity contribution >= 4 is 27.6 Å². The van der Waals surface area contributed by atoms with E-state index in [2.05, 4.69) is 4.74 Å². The van der Waals surface area contributed by atoms with Crippen molar-refractivity contribution in [3.63, 3.8) is 0 Å². The van der Waals surface area contributed by atoms with Gasteiger partial charge in [-0.05, 0) is 24.0 Å². The molecule has 0 aromatic heterocycles. The number of carbonyl (C=O) groups excluding carboxylic acids is 1. The van der Waals surface area contributed by atoms with E-state index in [0.717, 1.165) is 13.4 Å². The molecule has 0 aliphatic rings. The Morgan fingerprint density at radius 1 is 1.44 bits per heavy atom. The van der Waals surface area contributed by atoms with Crippen molar-refractivity contribution in [2.45, 2.75) is 15.9 Å². The molecule has 0 amide bonds. The van der Waals surface area contributed by atoms with Gasteiger partial charge in [-0.15, -0.1) is 11.8 Å². The highest BCUT2D eigenvalue weighted by Crippen LogP contribution is 2.28. The zero-order valence-corrected chi connectivity index (χ0v) is 11.8. The van der Waals surface area contributed by atoms with E-state index in [4.69, 9.17) is 0 Å². The van der Waals surface area contributed by atoms with Gasteiger partial charge in [-0.1, -0.05) is 6.07 Å². The Morgan fingerprint density at radius 3 is 2.50 bits per heavy atom. The van der Waals surface area contributed by atoms with Crippen LogP contribution in [0.15, 0.2) is 28.0 Å².